The molecule has 0 aromatic carbocycles. The second-order valence-electron chi connectivity index (χ2n) is 2.58. The number of unbranched alkanes of at least 4 members (excludes halogenated alkanes) is 1. The van der Waals surface area contributed by atoms with E-state index in [0.29, 0.717) is 6.42 Å². The molecule has 0 fully saturated rings. The first-order valence-electron chi connectivity index (χ1n) is 4.29. The van der Waals surface area contributed by atoms with Gasteiger partial charge in [0, 0.05) is 0 Å². The molecule has 0 atom stereocenters. The first-order chi connectivity index (χ1) is 6.93. The lowest BCUT2D eigenvalue weighted by Crippen LogP contribution is -2.18. The molecule has 0 aliphatic heterocycles. The van der Waals surface area contributed by atoms with Crippen molar-refractivity contribution in [1.82, 2.24) is 0 Å². The standard InChI is InChI=1S/C8H14O6S/c1-4-5-6-13-15(10,11)14-8(9)7(2)12-3/h2,4-6H2,1,3H3. The second kappa shape index (κ2) is 6.41. The molecule has 0 aromatic rings. The fraction of sp³-hybridized carbons (Fsp3) is 0.625. The van der Waals surface area contributed by atoms with Crippen molar-refractivity contribution in [3.63, 3.8) is 0 Å². The van der Waals surface area contributed by atoms with Crippen LogP contribution in [0, 0.1) is 0 Å². The molecule has 0 aromatic heterocycles. The minimum absolute atomic E-state index is 0.0223. The maximum Gasteiger partial charge on any atom is 0.451 e. The van der Waals surface area contributed by atoms with Crippen LogP contribution in [0.5, 0.6) is 0 Å². The molecule has 88 valence electrons. The molecule has 0 saturated carbocycles. The third-order valence-electron chi connectivity index (χ3n) is 1.38. The molecule has 0 saturated heterocycles. The minimum atomic E-state index is -4.30. The van der Waals surface area contributed by atoms with Crippen molar-refractivity contribution in [2.75, 3.05) is 13.7 Å². The molecule has 0 spiro atoms. The number of carbonyl (C=O) groups is 1. The fourth-order valence-corrected chi connectivity index (χ4v) is 1.20. The van der Waals surface area contributed by atoms with Gasteiger partial charge in [-0.25, -0.2) is 8.98 Å². The largest absolute Gasteiger partial charge is 0.490 e. The SMILES string of the molecule is C=C(OC)C(=O)OS(=O)(=O)OCCCC. The maximum atomic E-state index is 11.0. The van der Waals surface area contributed by atoms with Gasteiger partial charge >= 0.3 is 16.4 Å². The van der Waals surface area contributed by atoms with Crippen LogP contribution in [0.25, 0.3) is 0 Å². The van der Waals surface area contributed by atoms with Crippen LogP contribution in [0.15, 0.2) is 12.3 Å². The number of carbonyl (C=O) groups excluding carboxylic acids is 1. The predicted molar refractivity (Wildman–Crippen MR) is 52.0 cm³/mol. The Morgan fingerprint density at radius 1 is 1.40 bits per heavy atom. The zero-order valence-corrected chi connectivity index (χ0v) is 9.50. The van der Waals surface area contributed by atoms with Crippen LogP contribution in [-0.4, -0.2) is 28.1 Å². The molecule has 0 rings (SSSR count). The lowest BCUT2D eigenvalue weighted by atomic mass is 10.4. The Morgan fingerprint density at radius 2 is 2.00 bits per heavy atom. The highest BCUT2D eigenvalue weighted by Gasteiger charge is 2.20. The Morgan fingerprint density at radius 3 is 2.47 bits per heavy atom. The molecule has 0 radical (unpaired) electrons. The Bertz CT molecular complexity index is 318. The van der Waals surface area contributed by atoms with Gasteiger partial charge in [-0.1, -0.05) is 13.3 Å². The van der Waals surface area contributed by atoms with Crippen molar-refractivity contribution < 1.29 is 26.3 Å². The molecule has 15 heavy (non-hydrogen) atoms. The van der Waals surface area contributed by atoms with Crippen molar-refractivity contribution in [3.05, 3.63) is 12.3 Å². The van der Waals surface area contributed by atoms with E-state index in [-0.39, 0.29) is 6.61 Å². The number of rotatable bonds is 7. The van der Waals surface area contributed by atoms with Crippen LogP contribution in [0.2, 0.25) is 0 Å². The average Bonchev–Trinajstić information content (AvgIpc) is 2.16. The van der Waals surface area contributed by atoms with Crippen LogP contribution in [0.1, 0.15) is 19.8 Å². The number of methoxy groups -OCH3 is 1. The highest BCUT2D eigenvalue weighted by atomic mass is 32.3. The summed E-state index contributed by atoms with van der Waals surface area (Å²) in [5, 5.41) is 0. The van der Waals surface area contributed by atoms with Crippen LogP contribution in [0.3, 0.4) is 0 Å². The van der Waals surface area contributed by atoms with Crippen LogP contribution >= 0.6 is 0 Å². The number of hydrogen-bond acceptors (Lipinski definition) is 6. The quantitative estimate of drug-likeness (QED) is 0.370. The smallest absolute Gasteiger partial charge is 0.451 e. The summed E-state index contributed by atoms with van der Waals surface area (Å²) in [7, 11) is -3.12. The third-order valence-corrected chi connectivity index (χ3v) is 2.19. The number of hydrogen-bond donors (Lipinski definition) is 0. The van der Waals surface area contributed by atoms with Crippen LogP contribution < -0.4 is 0 Å². The monoisotopic (exact) mass is 238 g/mol. The van der Waals surface area contributed by atoms with Gasteiger partial charge < -0.3 is 8.92 Å². The van der Waals surface area contributed by atoms with Gasteiger partial charge in [-0.3, -0.25) is 0 Å². The van der Waals surface area contributed by atoms with Gasteiger partial charge in [-0.15, -0.1) is 0 Å². The first kappa shape index (κ1) is 13.9. The Balaban J connectivity index is 4.14. The van der Waals surface area contributed by atoms with E-state index in [4.69, 9.17) is 0 Å². The molecule has 0 bridgehead atoms. The van der Waals surface area contributed by atoms with E-state index in [1.54, 1.807) is 0 Å². The van der Waals surface area contributed by atoms with Gasteiger partial charge in [0.05, 0.1) is 13.7 Å². The third kappa shape index (κ3) is 6.08. The Labute approximate surface area is 89.1 Å². The molecule has 6 nitrogen and oxygen atoms in total. The van der Waals surface area contributed by atoms with Crippen molar-refractivity contribution in [2.45, 2.75) is 19.8 Å². The predicted octanol–water partition coefficient (Wildman–Crippen LogP) is 0.751. The van der Waals surface area contributed by atoms with Gasteiger partial charge in [-0.05, 0) is 13.0 Å². The molecule has 0 aliphatic rings. The molecule has 0 unspecified atom stereocenters. The summed E-state index contributed by atoms with van der Waals surface area (Å²) in [6.07, 6.45) is 1.33. The molecule has 7 heteroatoms. The zero-order chi connectivity index (χ0) is 11.9. The number of ether oxygens (including phenoxy) is 1. The van der Waals surface area contributed by atoms with Crippen molar-refractivity contribution in [2.24, 2.45) is 0 Å². The lowest BCUT2D eigenvalue weighted by Gasteiger charge is -2.05. The summed E-state index contributed by atoms with van der Waals surface area (Å²) in [5.41, 5.74) is 0. The van der Waals surface area contributed by atoms with E-state index in [2.05, 4.69) is 19.7 Å². The second-order valence-corrected chi connectivity index (χ2v) is 3.80. The van der Waals surface area contributed by atoms with E-state index in [1.807, 2.05) is 6.92 Å². The minimum Gasteiger partial charge on any atom is -0.490 e. The summed E-state index contributed by atoms with van der Waals surface area (Å²) in [4.78, 5) is 10.9. The molecule has 0 amide bonds. The van der Waals surface area contributed by atoms with Crippen LogP contribution in [0.4, 0.5) is 0 Å². The van der Waals surface area contributed by atoms with Crippen molar-refractivity contribution in [1.29, 1.82) is 0 Å². The Kier molecular flexibility index (Phi) is 5.95. The van der Waals surface area contributed by atoms with E-state index >= 15 is 0 Å². The molecule has 0 heterocycles. The molecular formula is C8H14O6S. The Hall–Kier alpha value is -1.08. The summed E-state index contributed by atoms with van der Waals surface area (Å²) < 4.78 is 34.7. The topological polar surface area (TPSA) is 78.9 Å². The normalized spacial score (nSPS) is 10.8. The lowest BCUT2D eigenvalue weighted by molar-refractivity contribution is -0.133. The molecule has 0 aliphatic carbocycles. The van der Waals surface area contributed by atoms with E-state index in [1.165, 1.54) is 7.11 Å². The highest BCUT2D eigenvalue weighted by Crippen LogP contribution is 2.03. The average molecular weight is 238 g/mol. The van der Waals surface area contributed by atoms with Gasteiger partial charge in [0.15, 0.2) is 5.76 Å². The van der Waals surface area contributed by atoms with E-state index in [0.717, 1.165) is 6.42 Å². The molecular weight excluding hydrogens is 224 g/mol. The van der Waals surface area contributed by atoms with Gasteiger partial charge in [0.2, 0.25) is 0 Å². The van der Waals surface area contributed by atoms with Gasteiger partial charge in [0.1, 0.15) is 0 Å². The van der Waals surface area contributed by atoms with Gasteiger partial charge in [-0.2, -0.15) is 8.42 Å². The highest BCUT2D eigenvalue weighted by molar-refractivity contribution is 7.82. The van der Waals surface area contributed by atoms with Crippen molar-refractivity contribution >= 4 is 16.4 Å². The van der Waals surface area contributed by atoms with Crippen LogP contribution in [-0.2, 0) is 28.3 Å². The van der Waals surface area contributed by atoms with Gasteiger partial charge in [0.25, 0.3) is 0 Å². The van der Waals surface area contributed by atoms with Crippen molar-refractivity contribution in [3.8, 4) is 0 Å². The summed E-state index contributed by atoms with van der Waals surface area (Å²) in [5.74, 6) is -1.59. The zero-order valence-electron chi connectivity index (χ0n) is 8.69. The first-order valence-corrected chi connectivity index (χ1v) is 5.62. The molecule has 0 N–H and O–H groups in total. The summed E-state index contributed by atoms with van der Waals surface area (Å²) >= 11 is 0. The van der Waals surface area contributed by atoms with E-state index in [9.17, 15) is 13.2 Å². The summed E-state index contributed by atoms with van der Waals surface area (Å²) in [6.45, 7) is 4.98. The fourth-order valence-electron chi connectivity index (χ4n) is 0.552. The maximum absolute atomic E-state index is 11.0. The van der Waals surface area contributed by atoms with E-state index < -0.39 is 22.1 Å². The summed E-state index contributed by atoms with van der Waals surface area (Å²) in [6, 6.07) is 0.